The lowest BCUT2D eigenvalue weighted by Crippen LogP contribution is -2.36. The van der Waals surface area contributed by atoms with Crippen molar-refractivity contribution in [3.63, 3.8) is 0 Å². The number of nitrogens with zero attached hydrogens (tertiary/aromatic N) is 3. The van der Waals surface area contributed by atoms with Crippen molar-refractivity contribution >= 4 is 32.4 Å². The fourth-order valence-electron chi connectivity index (χ4n) is 5.09. The van der Waals surface area contributed by atoms with Crippen molar-refractivity contribution in [3.8, 4) is 11.3 Å². The molecule has 0 aliphatic carbocycles. The van der Waals surface area contributed by atoms with Gasteiger partial charge in [0.15, 0.2) is 4.96 Å². The summed E-state index contributed by atoms with van der Waals surface area (Å²) in [5, 5.41) is 2.99. The summed E-state index contributed by atoms with van der Waals surface area (Å²) < 4.78 is 31.1. The van der Waals surface area contributed by atoms with Crippen LogP contribution in [0.5, 0.6) is 0 Å². The number of hydrogen-bond acceptors (Lipinski definition) is 6. The Kier molecular flexibility index (Phi) is 6.90. The second-order valence-corrected chi connectivity index (χ2v) is 10.7. The Morgan fingerprint density at radius 3 is 2.84 bits per heavy atom. The highest BCUT2D eigenvalue weighted by molar-refractivity contribution is 7.23. The number of imidazole rings is 1. The van der Waals surface area contributed by atoms with Gasteiger partial charge in [-0.3, -0.25) is 14.0 Å². The smallest absolute Gasteiger partial charge is 0.251 e. The van der Waals surface area contributed by atoms with Crippen LogP contribution in [-0.4, -0.2) is 59.1 Å². The summed E-state index contributed by atoms with van der Waals surface area (Å²) >= 11 is 1.47. The van der Waals surface area contributed by atoms with E-state index in [0.29, 0.717) is 36.2 Å². The zero-order chi connectivity index (χ0) is 25.4. The maximum absolute atomic E-state index is 14.9. The lowest BCUT2D eigenvalue weighted by molar-refractivity contribution is 0.0335. The Labute approximate surface area is 217 Å². The maximum Gasteiger partial charge on any atom is 0.251 e. The van der Waals surface area contributed by atoms with Gasteiger partial charge in [-0.05, 0) is 68.1 Å². The molecule has 2 N–H and O–H groups in total. The molecule has 7 nitrogen and oxygen atoms in total. The zero-order valence-electron chi connectivity index (χ0n) is 20.4. The van der Waals surface area contributed by atoms with Crippen LogP contribution in [0.25, 0.3) is 26.4 Å². The third kappa shape index (κ3) is 5.11. The van der Waals surface area contributed by atoms with Crippen molar-refractivity contribution in [1.29, 1.82) is 0 Å². The Morgan fingerprint density at radius 1 is 1.19 bits per heavy atom. The lowest BCUT2D eigenvalue weighted by atomic mass is 10.0. The van der Waals surface area contributed by atoms with Gasteiger partial charge in [-0.1, -0.05) is 17.4 Å². The van der Waals surface area contributed by atoms with Crippen molar-refractivity contribution < 1.29 is 18.4 Å². The van der Waals surface area contributed by atoms with Crippen molar-refractivity contribution in [2.24, 2.45) is 0 Å². The van der Waals surface area contributed by atoms with Gasteiger partial charge in [0.2, 0.25) is 0 Å². The van der Waals surface area contributed by atoms with E-state index in [-0.39, 0.29) is 17.8 Å². The number of aromatic nitrogens is 2. The molecular formula is C27H29F2N5O2S. The molecule has 2 aliphatic rings. The normalized spacial score (nSPS) is 19.2. The predicted octanol–water partition coefficient (Wildman–Crippen LogP) is 4.87. The molecule has 2 aromatic carbocycles. The van der Waals surface area contributed by atoms with Gasteiger partial charge in [-0.25, -0.2) is 19.2 Å². The summed E-state index contributed by atoms with van der Waals surface area (Å²) in [6, 6.07) is 10.8. The molecule has 4 aromatic rings. The molecule has 0 saturated carbocycles. The van der Waals surface area contributed by atoms with Gasteiger partial charge in [0.25, 0.3) is 5.91 Å². The number of amides is 1. The van der Waals surface area contributed by atoms with Crippen LogP contribution in [0.3, 0.4) is 0 Å². The standard InChI is InChI=1S/C27H29F2N5O2S/c28-19-7-12-33(13-8-19)11-1-9-30-26(35)18-3-5-23-25(15-18)37-27-32-22(16-34(23)27)20-4-2-17(14-21(20)29)24-6-10-31-36-24/h2-5,14-16,19,24,31H,1,6-13H2,(H,30,35). The molecule has 4 heterocycles. The third-order valence-corrected chi connectivity index (χ3v) is 8.20. The molecule has 0 bridgehead atoms. The summed E-state index contributed by atoms with van der Waals surface area (Å²) in [4.78, 5) is 25.8. The number of hydrogen-bond donors (Lipinski definition) is 2. The van der Waals surface area contributed by atoms with Crippen LogP contribution in [-0.2, 0) is 4.84 Å². The Bertz CT molecular complexity index is 1420. The van der Waals surface area contributed by atoms with Gasteiger partial charge in [0.1, 0.15) is 18.1 Å². The van der Waals surface area contributed by atoms with E-state index in [1.807, 2.05) is 28.8 Å². The minimum Gasteiger partial charge on any atom is -0.352 e. The highest BCUT2D eigenvalue weighted by Crippen LogP contribution is 2.33. The molecule has 10 heteroatoms. The number of carbonyl (C=O) groups excluding carboxylic acids is 1. The predicted molar refractivity (Wildman–Crippen MR) is 140 cm³/mol. The van der Waals surface area contributed by atoms with E-state index in [1.54, 1.807) is 12.1 Å². The second-order valence-electron chi connectivity index (χ2n) is 9.72. The molecule has 0 spiro atoms. The first-order valence-corrected chi connectivity index (χ1v) is 13.6. The first-order valence-electron chi connectivity index (χ1n) is 12.8. The second kappa shape index (κ2) is 10.4. The van der Waals surface area contributed by atoms with Crippen molar-refractivity contribution in [1.82, 2.24) is 25.1 Å². The number of nitrogens with one attached hydrogen (secondary N) is 2. The average molecular weight is 526 g/mol. The van der Waals surface area contributed by atoms with Crippen LogP contribution in [0.4, 0.5) is 8.78 Å². The highest BCUT2D eigenvalue weighted by atomic mass is 32.1. The van der Waals surface area contributed by atoms with Crippen molar-refractivity contribution in [2.75, 3.05) is 32.7 Å². The summed E-state index contributed by atoms with van der Waals surface area (Å²) in [6.07, 6.45) is 3.89. The molecule has 1 unspecified atom stereocenters. The quantitative estimate of drug-likeness (QED) is 0.337. The number of halogens is 2. The molecule has 2 fully saturated rings. The van der Waals surface area contributed by atoms with Crippen molar-refractivity contribution in [2.45, 2.75) is 38.0 Å². The number of benzene rings is 2. The summed E-state index contributed by atoms with van der Waals surface area (Å²) in [7, 11) is 0. The molecule has 2 saturated heterocycles. The minimum absolute atomic E-state index is 0.111. The topological polar surface area (TPSA) is 70.9 Å². The molecular weight excluding hydrogens is 496 g/mol. The van der Waals surface area contributed by atoms with Crippen LogP contribution in [0.15, 0.2) is 42.6 Å². The largest absolute Gasteiger partial charge is 0.352 e. The Morgan fingerprint density at radius 2 is 2.05 bits per heavy atom. The molecule has 37 heavy (non-hydrogen) atoms. The number of hydroxylamine groups is 1. The van der Waals surface area contributed by atoms with Gasteiger partial charge >= 0.3 is 0 Å². The Hall–Kier alpha value is -2.92. The van der Waals surface area contributed by atoms with Crippen LogP contribution >= 0.6 is 11.3 Å². The number of thiazole rings is 1. The number of carbonyl (C=O) groups is 1. The third-order valence-electron chi connectivity index (χ3n) is 7.19. The molecule has 194 valence electrons. The molecule has 1 amide bonds. The molecule has 1 atom stereocenters. The summed E-state index contributed by atoms with van der Waals surface area (Å²) in [5.41, 5.74) is 6.18. The van der Waals surface area contributed by atoms with Gasteiger partial charge < -0.3 is 10.2 Å². The fourth-order valence-corrected chi connectivity index (χ4v) is 6.13. The molecule has 2 aliphatic heterocycles. The van der Waals surface area contributed by atoms with Crippen LogP contribution in [0.2, 0.25) is 0 Å². The summed E-state index contributed by atoms with van der Waals surface area (Å²) in [5.74, 6) is -0.436. The fraction of sp³-hybridized carbons (Fsp3) is 0.407. The van der Waals surface area contributed by atoms with E-state index >= 15 is 0 Å². The first kappa shape index (κ1) is 24.4. The first-order chi connectivity index (χ1) is 18.0. The number of rotatable bonds is 7. The molecule has 2 aromatic heterocycles. The van der Waals surface area contributed by atoms with Gasteiger partial charge in [-0.15, -0.1) is 0 Å². The van der Waals surface area contributed by atoms with E-state index in [4.69, 9.17) is 4.84 Å². The average Bonchev–Trinajstić information content (AvgIpc) is 3.64. The summed E-state index contributed by atoms with van der Waals surface area (Å²) in [6.45, 7) is 3.78. The number of piperidine rings is 1. The zero-order valence-corrected chi connectivity index (χ0v) is 21.2. The van der Waals surface area contributed by atoms with Crippen LogP contribution in [0, 0.1) is 5.82 Å². The number of fused-ring (bicyclic) bond motifs is 3. The van der Waals surface area contributed by atoms with Gasteiger partial charge in [0, 0.05) is 43.5 Å². The van der Waals surface area contributed by atoms with E-state index in [2.05, 4.69) is 20.7 Å². The van der Waals surface area contributed by atoms with E-state index in [0.717, 1.165) is 59.8 Å². The maximum atomic E-state index is 14.9. The van der Waals surface area contributed by atoms with E-state index in [9.17, 15) is 13.6 Å². The Balaban J connectivity index is 1.12. The monoisotopic (exact) mass is 525 g/mol. The van der Waals surface area contributed by atoms with Crippen LogP contribution < -0.4 is 10.8 Å². The minimum atomic E-state index is -0.667. The number of likely N-dealkylation sites (tertiary alicyclic amines) is 1. The molecule has 0 radical (unpaired) electrons. The number of alkyl halides is 1. The van der Waals surface area contributed by atoms with Crippen molar-refractivity contribution in [3.05, 3.63) is 59.5 Å². The van der Waals surface area contributed by atoms with Crippen LogP contribution in [0.1, 0.15) is 47.7 Å². The highest BCUT2D eigenvalue weighted by Gasteiger charge is 2.21. The SMILES string of the molecule is O=C(NCCCN1CCC(F)CC1)c1ccc2c(c1)sc1nc(-c3ccc(C4CCNO4)cc3F)cn12. The molecule has 6 rings (SSSR count). The van der Waals surface area contributed by atoms with E-state index < -0.39 is 6.17 Å². The van der Waals surface area contributed by atoms with E-state index in [1.165, 1.54) is 17.4 Å². The lowest BCUT2D eigenvalue weighted by Gasteiger charge is -2.28. The van der Waals surface area contributed by atoms with Gasteiger partial charge in [0.05, 0.1) is 15.9 Å². The van der Waals surface area contributed by atoms with Gasteiger partial charge in [-0.2, -0.15) is 0 Å².